The number of rotatable bonds is 4. The van der Waals surface area contributed by atoms with Gasteiger partial charge in [0.15, 0.2) is 0 Å². The highest BCUT2D eigenvalue weighted by atomic mass is 32.2. The normalized spacial score (nSPS) is 10.2. The van der Waals surface area contributed by atoms with Crippen molar-refractivity contribution in [1.82, 2.24) is 4.31 Å². The zero-order chi connectivity index (χ0) is 16.8. The highest BCUT2D eigenvalue weighted by molar-refractivity contribution is 7.98. The van der Waals surface area contributed by atoms with Crippen molar-refractivity contribution in [3.05, 3.63) is 102 Å². The van der Waals surface area contributed by atoms with E-state index in [0.717, 1.165) is 16.8 Å². The van der Waals surface area contributed by atoms with E-state index < -0.39 is 0 Å². The Morgan fingerprint density at radius 3 is 1.38 bits per heavy atom. The Bertz CT molecular complexity index is 769. The molecule has 3 aromatic carbocycles. The molecule has 0 saturated heterocycles. The van der Waals surface area contributed by atoms with Crippen LogP contribution in [0.3, 0.4) is 0 Å². The van der Waals surface area contributed by atoms with Gasteiger partial charge in [-0.2, -0.15) is 0 Å². The Kier molecular flexibility index (Phi) is 5.08. The molecular formula is C20H15NO2S. The van der Waals surface area contributed by atoms with Crippen LogP contribution in [0.5, 0.6) is 0 Å². The molecule has 0 aromatic heterocycles. The molecule has 0 aliphatic carbocycles. The fraction of sp³-hybridized carbons (Fsp3) is 0. The Morgan fingerprint density at radius 1 is 0.583 bits per heavy atom. The van der Waals surface area contributed by atoms with E-state index in [1.165, 1.54) is 4.31 Å². The largest absolute Gasteiger partial charge is 0.271 e. The summed E-state index contributed by atoms with van der Waals surface area (Å²) < 4.78 is 1.21. The first-order valence-corrected chi connectivity index (χ1v) is 8.25. The van der Waals surface area contributed by atoms with Gasteiger partial charge in [-0.05, 0) is 48.3 Å². The van der Waals surface area contributed by atoms with Crippen molar-refractivity contribution in [2.45, 2.75) is 4.90 Å². The Hall–Kier alpha value is -2.85. The van der Waals surface area contributed by atoms with Gasteiger partial charge < -0.3 is 0 Å². The van der Waals surface area contributed by atoms with E-state index in [9.17, 15) is 9.59 Å². The maximum atomic E-state index is 12.8. The molecule has 24 heavy (non-hydrogen) atoms. The van der Waals surface area contributed by atoms with Gasteiger partial charge in [-0.25, -0.2) is 4.31 Å². The van der Waals surface area contributed by atoms with Gasteiger partial charge in [-0.1, -0.05) is 54.6 Å². The molecule has 2 amide bonds. The minimum absolute atomic E-state index is 0.335. The van der Waals surface area contributed by atoms with Crippen LogP contribution < -0.4 is 0 Å². The van der Waals surface area contributed by atoms with Gasteiger partial charge >= 0.3 is 0 Å². The summed E-state index contributed by atoms with van der Waals surface area (Å²) >= 11 is 1.13. The summed E-state index contributed by atoms with van der Waals surface area (Å²) in [5, 5.41) is 0. The molecule has 118 valence electrons. The van der Waals surface area contributed by atoms with Crippen molar-refractivity contribution in [2.24, 2.45) is 0 Å². The van der Waals surface area contributed by atoms with Crippen LogP contribution in [0.4, 0.5) is 0 Å². The number of amides is 2. The van der Waals surface area contributed by atoms with Gasteiger partial charge in [-0.3, -0.25) is 9.59 Å². The third kappa shape index (κ3) is 3.73. The minimum atomic E-state index is -0.335. The third-order valence-electron chi connectivity index (χ3n) is 3.35. The number of carbonyl (C=O) groups is 2. The number of hydrogen-bond acceptors (Lipinski definition) is 3. The van der Waals surface area contributed by atoms with E-state index in [2.05, 4.69) is 0 Å². The average Bonchev–Trinajstić information content (AvgIpc) is 2.67. The summed E-state index contributed by atoms with van der Waals surface area (Å²) in [5.74, 6) is -0.670. The molecule has 0 bridgehead atoms. The van der Waals surface area contributed by atoms with E-state index >= 15 is 0 Å². The van der Waals surface area contributed by atoms with Gasteiger partial charge in [0.2, 0.25) is 0 Å². The van der Waals surface area contributed by atoms with Gasteiger partial charge in [0.1, 0.15) is 0 Å². The van der Waals surface area contributed by atoms with Gasteiger partial charge in [-0.15, -0.1) is 0 Å². The molecule has 0 radical (unpaired) electrons. The number of imide groups is 1. The smallest absolute Gasteiger partial charge is 0.268 e. The van der Waals surface area contributed by atoms with Crippen molar-refractivity contribution in [1.29, 1.82) is 0 Å². The lowest BCUT2D eigenvalue weighted by atomic mass is 10.2. The lowest BCUT2D eigenvalue weighted by molar-refractivity contribution is 0.0743. The molecule has 0 atom stereocenters. The van der Waals surface area contributed by atoms with Crippen LogP contribution in [-0.4, -0.2) is 16.1 Å². The summed E-state index contributed by atoms with van der Waals surface area (Å²) in [4.78, 5) is 26.5. The molecule has 3 rings (SSSR count). The Labute approximate surface area is 145 Å². The topological polar surface area (TPSA) is 37.4 Å². The van der Waals surface area contributed by atoms with Crippen molar-refractivity contribution >= 4 is 23.8 Å². The second-order valence-corrected chi connectivity index (χ2v) is 6.06. The van der Waals surface area contributed by atoms with E-state index in [1.807, 2.05) is 42.5 Å². The molecular weight excluding hydrogens is 318 g/mol. The summed E-state index contributed by atoms with van der Waals surface area (Å²) in [6.45, 7) is 0. The second-order valence-electron chi connectivity index (χ2n) is 5.04. The van der Waals surface area contributed by atoms with E-state index in [1.54, 1.807) is 48.5 Å². The van der Waals surface area contributed by atoms with Gasteiger partial charge in [0.05, 0.1) is 0 Å². The van der Waals surface area contributed by atoms with E-state index in [0.29, 0.717) is 11.1 Å². The van der Waals surface area contributed by atoms with Crippen molar-refractivity contribution in [2.75, 3.05) is 0 Å². The average molecular weight is 333 g/mol. The maximum Gasteiger partial charge on any atom is 0.271 e. The molecule has 0 saturated carbocycles. The number of nitrogens with zero attached hydrogens (tertiary/aromatic N) is 1. The van der Waals surface area contributed by atoms with Gasteiger partial charge in [0, 0.05) is 16.0 Å². The summed E-state index contributed by atoms with van der Waals surface area (Å²) in [6.07, 6.45) is 0. The molecule has 4 heteroatoms. The van der Waals surface area contributed by atoms with Crippen LogP contribution in [0.1, 0.15) is 20.7 Å². The first-order chi connectivity index (χ1) is 11.8. The van der Waals surface area contributed by atoms with E-state index in [-0.39, 0.29) is 11.8 Å². The number of hydrogen-bond donors (Lipinski definition) is 0. The maximum absolute atomic E-state index is 12.8. The number of carbonyl (C=O) groups excluding carboxylic acids is 2. The number of benzene rings is 3. The zero-order valence-electron chi connectivity index (χ0n) is 12.8. The molecule has 0 aliphatic heterocycles. The lowest BCUT2D eigenvalue weighted by Crippen LogP contribution is -2.31. The van der Waals surface area contributed by atoms with Crippen LogP contribution in [0, 0.1) is 0 Å². The Balaban J connectivity index is 1.94. The van der Waals surface area contributed by atoms with Crippen LogP contribution >= 0.6 is 11.9 Å². The fourth-order valence-electron chi connectivity index (χ4n) is 2.16. The van der Waals surface area contributed by atoms with Crippen LogP contribution in [-0.2, 0) is 0 Å². The highest BCUT2D eigenvalue weighted by Gasteiger charge is 2.25. The minimum Gasteiger partial charge on any atom is -0.268 e. The first kappa shape index (κ1) is 16.0. The summed E-state index contributed by atoms with van der Waals surface area (Å²) in [6, 6.07) is 27.0. The van der Waals surface area contributed by atoms with Crippen LogP contribution in [0.25, 0.3) is 0 Å². The van der Waals surface area contributed by atoms with Crippen molar-refractivity contribution < 1.29 is 9.59 Å². The SMILES string of the molecule is O=C(c1ccccc1)N(Sc1ccccc1)C(=O)c1ccccc1. The van der Waals surface area contributed by atoms with Crippen molar-refractivity contribution in [3.8, 4) is 0 Å². The molecule has 3 nitrogen and oxygen atoms in total. The molecule has 0 spiro atoms. The quantitative estimate of drug-likeness (QED) is 0.514. The standard InChI is InChI=1S/C20H15NO2S/c22-19(16-10-4-1-5-11-16)21(24-18-14-8-3-9-15-18)20(23)17-12-6-2-7-13-17/h1-15H. The molecule has 0 heterocycles. The zero-order valence-corrected chi connectivity index (χ0v) is 13.6. The van der Waals surface area contributed by atoms with Gasteiger partial charge in [0.25, 0.3) is 11.8 Å². The summed E-state index contributed by atoms with van der Waals surface area (Å²) in [5.41, 5.74) is 0.954. The predicted molar refractivity (Wildman–Crippen MR) is 95.7 cm³/mol. The third-order valence-corrected chi connectivity index (χ3v) is 4.35. The van der Waals surface area contributed by atoms with Crippen LogP contribution in [0.15, 0.2) is 95.9 Å². The molecule has 0 unspecified atom stereocenters. The molecule has 3 aromatic rings. The second kappa shape index (κ2) is 7.62. The summed E-state index contributed by atoms with van der Waals surface area (Å²) in [7, 11) is 0. The fourth-order valence-corrected chi connectivity index (χ4v) is 3.02. The molecule has 0 N–H and O–H groups in total. The lowest BCUT2D eigenvalue weighted by Gasteiger charge is -2.19. The van der Waals surface area contributed by atoms with Crippen molar-refractivity contribution in [3.63, 3.8) is 0 Å². The molecule has 0 fully saturated rings. The monoisotopic (exact) mass is 333 g/mol. The Morgan fingerprint density at radius 2 is 0.958 bits per heavy atom. The molecule has 0 aliphatic rings. The predicted octanol–water partition coefficient (Wildman–Crippen LogP) is 4.68. The first-order valence-electron chi connectivity index (χ1n) is 7.47. The van der Waals surface area contributed by atoms with Crippen LogP contribution in [0.2, 0.25) is 0 Å². The highest BCUT2D eigenvalue weighted by Crippen LogP contribution is 2.26. The van der Waals surface area contributed by atoms with E-state index in [4.69, 9.17) is 0 Å².